The Hall–Kier alpha value is -1.06. The van der Waals surface area contributed by atoms with Crippen molar-refractivity contribution in [3.05, 3.63) is 0 Å². The summed E-state index contributed by atoms with van der Waals surface area (Å²) in [5.74, 6) is 0.736. The highest BCUT2D eigenvalue weighted by atomic mass is 16.1. The van der Waals surface area contributed by atoms with Gasteiger partial charge in [0.05, 0.1) is 11.1 Å². The van der Waals surface area contributed by atoms with Crippen LogP contribution in [0.1, 0.15) is 119 Å². The van der Waals surface area contributed by atoms with E-state index in [4.69, 9.17) is 0 Å². The molecule has 0 saturated heterocycles. The van der Waals surface area contributed by atoms with E-state index in [1.807, 2.05) is 0 Å². The minimum absolute atomic E-state index is 0.237. The quantitative estimate of drug-likeness (QED) is 0.280. The van der Waals surface area contributed by atoms with Gasteiger partial charge in [-0.2, -0.15) is 10.2 Å². The number of nitrogens with zero attached hydrogens (tertiary/aromatic N) is 2. The number of unbranched alkanes of at least 4 members (excludes halogenated alkanes) is 2. The van der Waals surface area contributed by atoms with Crippen LogP contribution in [0, 0.1) is 0 Å². The molecule has 0 unspecified atom stereocenters. The van der Waals surface area contributed by atoms with Crippen molar-refractivity contribution in [3.63, 3.8) is 0 Å². The Morgan fingerprint density at radius 3 is 1.23 bits per heavy atom. The first-order valence-corrected chi connectivity index (χ1v) is 10.6. The van der Waals surface area contributed by atoms with Crippen LogP contribution in [-0.2, 0) is 9.59 Å². The molecule has 0 amide bonds. The van der Waals surface area contributed by atoms with Crippen LogP contribution in [0.25, 0.3) is 0 Å². The molecule has 0 aromatic carbocycles. The maximum Gasteiger partial charge on any atom is 0.132 e. The van der Waals surface area contributed by atoms with Gasteiger partial charge in [0.2, 0.25) is 0 Å². The van der Waals surface area contributed by atoms with Gasteiger partial charge >= 0.3 is 0 Å². The van der Waals surface area contributed by atoms with Crippen LogP contribution < -0.4 is 0 Å². The fourth-order valence-electron chi connectivity index (χ4n) is 2.80. The van der Waals surface area contributed by atoms with Crippen molar-refractivity contribution in [2.45, 2.75) is 130 Å². The van der Waals surface area contributed by atoms with Gasteiger partial charge in [0.1, 0.15) is 11.6 Å². The molecule has 0 saturated carbocycles. The average molecular weight is 367 g/mol. The highest BCUT2D eigenvalue weighted by molar-refractivity contribution is 5.78. The van der Waals surface area contributed by atoms with Gasteiger partial charge in [-0.1, -0.05) is 26.7 Å². The third kappa shape index (κ3) is 14.1. The largest absolute Gasteiger partial charge is 0.300 e. The van der Waals surface area contributed by atoms with Crippen molar-refractivity contribution in [1.29, 1.82) is 0 Å². The van der Waals surface area contributed by atoms with Crippen molar-refractivity contribution in [3.8, 4) is 0 Å². The number of carbonyl (C=O) groups excluding carboxylic acids is 2. The zero-order valence-corrected chi connectivity index (χ0v) is 18.2. The molecule has 152 valence electrons. The van der Waals surface area contributed by atoms with Crippen molar-refractivity contribution < 1.29 is 9.59 Å². The van der Waals surface area contributed by atoms with E-state index in [9.17, 15) is 9.59 Å². The second-order valence-electron chi connectivity index (χ2n) is 8.82. The molecule has 4 nitrogen and oxygen atoms in total. The van der Waals surface area contributed by atoms with Crippen molar-refractivity contribution >= 4 is 11.6 Å². The zero-order chi connectivity index (χ0) is 20.1. The lowest BCUT2D eigenvalue weighted by Crippen LogP contribution is -2.21. The molecule has 0 aromatic rings. The van der Waals surface area contributed by atoms with E-state index in [1.165, 1.54) is 0 Å². The summed E-state index contributed by atoms with van der Waals surface area (Å²) in [5.41, 5.74) is -0.474. The standard InChI is InChI=1S/C22H42N2O2/c1-7-9-13-19(25)15-11-17-21(3,4)23-24-22(5,6)18-12-16-20(26)14-10-8-2/h7-18H2,1-6H3. The minimum atomic E-state index is -0.237. The molecule has 0 aromatic heterocycles. The molecule has 0 heterocycles. The summed E-state index contributed by atoms with van der Waals surface area (Å²) < 4.78 is 0. The van der Waals surface area contributed by atoms with Gasteiger partial charge < -0.3 is 0 Å². The van der Waals surface area contributed by atoms with Gasteiger partial charge in [0, 0.05) is 25.7 Å². The monoisotopic (exact) mass is 366 g/mol. The van der Waals surface area contributed by atoms with Crippen molar-refractivity contribution in [2.75, 3.05) is 0 Å². The maximum absolute atomic E-state index is 11.8. The Kier molecular flexibility index (Phi) is 12.6. The zero-order valence-electron chi connectivity index (χ0n) is 18.2. The molecule has 0 N–H and O–H groups in total. The molecule has 0 aliphatic rings. The topological polar surface area (TPSA) is 58.9 Å². The highest BCUT2D eigenvalue weighted by Gasteiger charge is 2.21. The SMILES string of the molecule is CCCCC(=O)CCCC(C)(C)N=NC(C)(C)CCCC(=O)CCCC. The number of hydrogen-bond acceptors (Lipinski definition) is 4. The lowest BCUT2D eigenvalue weighted by molar-refractivity contribution is -0.120. The fourth-order valence-corrected chi connectivity index (χ4v) is 2.80. The van der Waals surface area contributed by atoms with Crippen molar-refractivity contribution in [1.82, 2.24) is 0 Å². The summed E-state index contributed by atoms with van der Waals surface area (Å²) >= 11 is 0. The lowest BCUT2D eigenvalue weighted by atomic mass is 9.95. The molecule has 0 radical (unpaired) electrons. The van der Waals surface area contributed by atoms with Crippen LogP contribution >= 0.6 is 0 Å². The Morgan fingerprint density at radius 2 is 0.923 bits per heavy atom. The van der Waals surface area contributed by atoms with Gasteiger partial charge in [0.15, 0.2) is 0 Å². The predicted octanol–water partition coefficient (Wildman–Crippen LogP) is 6.86. The first kappa shape index (κ1) is 24.9. The van der Waals surface area contributed by atoms with Crippen LogP contribution in [-0.4, -0.2) is 22.6 Å². The van der Waals surface area contributed by atoms with E-state index in [-0.39, 0.29) is 11.1 Å². The lowest BCUT2D eigenvalue weighted by Gasteiger charge is -2.23. The van der Waals surface area contributed by atoms with Gasteiger partial charge in [-0.3, -0.25) is 9.59 Å². The van der Waals surface area contributed by atoms with Gasteiger partial charge in [-0.15, -0.1) is 0 Å². The van der Waals surface area contributed by atoms with Crippen LogP contribution in [0.5, 0.6) is 0 Å². The van der Waals surface area contributed by atoms with E-state index in [1.54, 1.807) is 0 Å². The van der Waals surface area contributed by atoms with Crippen molar-refractivity contribution in [2.24, 2.45) is 10.2 Å². The molecule has 0 fully saturated rings. The Labute approximate surface area is 161 Å². The summed E-state index contributed by atoms with van der Waals surface area (Å²) in [6, 6.07) is 0. The van der Waals surface area contributed by atoms with Crippen LogP contribution in [0.15, 0.2) is 10.2 Å². The number of Topliss-reactive ketones (excluding diaryl/α,β-unsaturated/α-hetero) is 2. The van der Waals surface area contributed by atoms with Crippen LogP contribution in [0.4, 0.5) is 0 Å². The maximum atomic E-state index is 11.8. The molecule has 0 aliphatic carbocycles. The Bertz CT molecular complexity index is 399. The fraction of sp³-hybridized carbons (Fsp3) is 0.909. The van der Waals surface area contributed by atoms with E-state index >= 15 is 0 Å². The van der Waals surface area contributed by atoms with Gasteiger partial charge in [-0.25, -0.2) is 0 Å². The number of rotatable bonds is 16. The third-order valence-electron chi connectivity index (χ3n) is 4.70. The average Bonchev–Trinajstić information content (AvgIpc) is 2.56. The molecule has 0 bridgehead atoms. The molecule has 0 aliphatic heterocycles. The molecule has 0 rings (SSSR count). The number of azo groups is 1. The van der Waals surface area contributed by atoms with Gasteiger partial charge in [0.25, 0.3) is 0 Å². The second-order valence-corrected chi connectivity index (χ2v) is 8.82. The Balaban J connectivity index is 4.20. The summed E-state index contributed by atoms with van der Waals surface area (Å²) in [4.78, 5) is 23.5. The summed E-state index contributed by atoms with van der Waals surface area (Å²) in [5, 5.41) is 9.13. The van der Waals surface area contributed by atoms with E-state index in [0.29, 0.717) is 37.2 Å². The van der Waals surface area contributed by atoms with Crippen LogP contribution in [0.2, 0.25) is 0 Å². The number of ketones is 2. The molecular weight excluding hydrogens is 324 g/mol. The number of hydrogen-bond donors (Lipinski definition) is 0. The summed E-state index contributed by atoms with van der Waals surface area (Å²) in [6.07, 6.45) is 10.4. The first-order valence-electron chi connectivity index (χ1n) is 10.6. The second kappa shape index (κ2) is 13.2. The highest BCUT2D eigenvalue weighted by Crippen LogP contribution is 2.24. The van der Waals surface area contributed by atoms with E-state index in [2.05, 4.69) is 51.8 Å². The number of carbonyl (C=O) groups is 2. The molecule has 0 atom stereocenters. The van der Waals surface area contributed by atoms with E-state index < -0.39 is 0 Å². The smallest absolute Gasteiger partial charge is 0.132 e. The molecule has 4 heteroatoms. The normalized spacial score (nSPS) is 12.7. The molecule has 0 spiro atoms. The predicted molar refractivity (Wildman–Crippen MR) is 110 cm³/mol. The molecular formula is C22H42N2O2. The van der Waals surface area contributed by atoms with Gasteiger partial charge in [-0.05, 0) is 66.2 Å². The Morgan fingerprint density at radius 1 is 0.615 bits per heavy atom. The summed E-state index contributed by atoms with van der Waals surface area (Å²) in [6.45, 7) is 12.5. The summed E-state index contributed by atoms with van der Waals surface area (Å²) in [7, 11) is 0. The molecule has 26 heavy (non-hydrogen) atoms. The van der Waals surface area contributed by atoms with E-state index in [0.717, 1.165) is 51.4 Å². The first-order chi connectivity index (χ1) is 12.1. The minimum Gasteiger partial charge on any atom is -0.300 e. The van der Waals surface area contributed by atoms with Crippen LogP contribution in [0.3, 0.4) is 0 Å². The third-order valence-corrected chi connectivity index (χ3v) is 4.70.